The Balaban J connectivity index is 1.54. The monoisotopic (exact) mass is 352 g/mol. The third-order valence-corrected chi connectivity index (χ3v) is 5.33. The number of carbonyl (C=O) groups excluding carboxylic acids is 2. The molecule has 2 unspecified atom stereocenters. The molecular formula is C21H21FN2O2. The molecule has 4 nitrogen and oxygen atoms in total. The van der Waals surface area contributed by atoms with Gasteiger partial charge in [0, 0.05) is 29.3 Å². The van der Waals surface area contributed by atoms with Gasteiger partial charge in [0.2, 0.25) is 0 Å². The Morgan fingerprint density at radius 1 is 0.923 bits per heavy atom. The first-order valence-corrected chi connectivity index (χ1v) is 9.06. The SMILES string of the molecule is O=C(NC1CC2CCC(C1)N2)c1ccccc1C(=O)c1ccc(F)cc1. The molecule has 2 bridgehead atoms. The summed E-state index contributed by atoms with van der Waals surface area (Å²) in [7, 11) is 0. The van der Waals surface area contributed by atoms with Gasteiger partial charge in [0.1, 0.15) is 5.82 Å². The van der Waals surface area contributed by atoms with E-state index in [0.29, 0.717) is 28.8 Å². The van der Waals surface area contributed by atoms with Crippen molar-refractivity contribution in [2.45, 2.75) is 43.8 Å². The van der Waals surface area contributed by atoms with Crippen molar-refractivity contribution in [3.05, 3.63) is 71.0 Å². The molecule has 1 amide bonds. The van der Waals surface area contributed by atoms with E-state index in [1.54, 1.807) is 24.3 Å². The Morgan fingerprint density at radius 2 is 1.54 bits per heavy atom. The summed E-state index contributed by atoms with van der Waals surface area (Å²) in [5.41, 5.74) is 1.08. The highest BCUT2D eigenvalue weighted by Crippen LogP contribution is 2.27. The van der Waals surface area contributed by atoms with Crippen LogP contribution in [0.4, 0.5) is 4.39 Å². The van der Waals surface area contributed by atoms with Gasteiger partial charge in [-0.25, -0.2) is 4.39 Å². The minimum absolute atomic E-state index is 0.134. The van der Waals surface area contributed by atoms with Gasteiger partial charge in [0.25, 0.3) is 5.91 Å². The molecule has 2 heterocycles. The number of nitrogens with one attached hydrogen (secondary N) is 2. The van der Waals surface area contributed by atoms with Crippen molar-refractivity contribution >= 4 is 11.7 Å². The number of amides is 1. The molecule has 2 fully saturated rings. The zero-order valence-corrected chi connectivity index (χ0v) is 14.4. The molecule has 26 heavy (non-hydrogen) atoms. The average molecular weight is 352 g/mol. The molecule has 2 aromatic rings. The summed E-state index contributed by atoms with van der Waals surface area (Å²) in [4.78, 5) is 25.6. The summed E-state index contributed by atoms with van der Waals surface area (Å²) in [6, 6.07) is 13.3. The highest BCUT2D eigenvalue weighted by atomic mass is 19.1. The lowest BCUT2D eigenvalue weighted by molar-refractivity contribution is 0.0914. The zero-order valence-electron chi connectivity index (χ0n) is 14.4. The average Bonchev–Trinajstić information content (AvgIpc) is 3.00. The quantitative estimate of drug-likeness (QED) is 0.832. The number of rotatable bonds is 4. The maximum Gasteiger partial charge on any atom is 0.252 e. The predicted octanol–water partition coefficient (Wildman–Crippen LogP) is 3.07. The van der Waals surface area contributed by atoms with E-state index in [4.69, 9.17) is 0 Å². The van der Waals surface area contributed by atoms with Gasteiger partial charge in [-0.15, -0.1) is 0 Å². The van der Waals surface area contributed by atoms with Gasteiger partial charge in [0.15, 0.2) is 5.78 Å². The molecule has 0 saturated carbocycles. The van der Waals surface area contributed by atoms with Crippen molar-refractivity contribution in [1.82, 2.24) is 10.6 Å². The van der Waals surface area contributed by atoms with E-state index in [0.717, 1.165) is 25.7 Å². The van der Waals surface area contributed by atoms with Crippen LogP contribution in [0.15, 0.2) is 48.5 Å². The second-order valence-corrected chi connectivity index (χ2v) is 7.16. The van der Waals surface area contributed by atoms with Crippen LogP contribution >= 0.6 is 0 Å². The molecule has 0 aliphatic carbocycles. The molecule has 2 saturated heterocycles. The number of hydrogen-bond acceptors (Lipinski definition) is 3. The largest absolute Gasteiger partial charge is 0.349 e. The number of benzene rings is 2. The van der Waals surface area contributed by atoms with Crippen LogP contribution in [0.1, 0.15) is 52.0 Å². The van der Waals surface area contributed by atoms with Crippen LogP contribution in [0.5, 0.6) is 0 Å². The molecule has 2 N–H and O–H groups in total. The first-order valence-electron chi connectivity index (χ1n) is 9.06. The minimum Gasteiger partial charge on any atom is -0.349 e. The van der Waals surface area contributed by atoms with E-state index < -0.39 is 5.82 Å². The number of ketones is 1. The number of hydrogen-bond donors (Lipinski definition) is 2. The maximum absolute atomic E-state index is 13.1. The molecule has 2 aliphatic heterocycles. The first kappa shape index (κ1) is 16.9. The van der Waals surface area contributed by atoms with Gasteiger partial charge in [-0.3, -0.25) is 9.59 Å². The Hall–Kier alpha value is -2.53. The summed E-state index contributed by atoms with van der Waals surface area (Å²) < 4.78 is 13.1. The minimum atomic E-state index is -0.395. The van der Waals surface area contributed by atoms with Gasteiger partial charge < -0.3 is 10.6 Å². The van der Waals surface area contributed by atoms with E-state index in [1.807, 2.05) is 0 Å². The Bertz CT molecular complexity index is 822. The van der Waals surface area contributed by atoms with Crippen LogP contribution < -0.4 is 10.6 Å². The summed E-state index contributed by atoms with van der Waals surface area (Å²) in [6.45, 7) is 0. The Kier molecular flexibility index (Phi) is 4.55. The molecule has 0 aromatic heterocycles. The fraction of sp³-hybridized carbons (Fsp3) is 0.333. The van der Waals surface area contributed by atoms with Crippen LogP contribution in [-0.4, -0.2) is 29.8 Å². The second kappa shape index (κ2) is 7.00. The van der Waals surface area contributed by atoms with Crippen LogP contribution in [-0.2, 0) is 0 Å². The molecule has 134 valence electrons. The van der Waals surface area contributed by atoms with Crippen LogP contribution in [0, 0.1) is 5.82 Å². The molecule has 5 heteroatoms. The third-order valence-electron chi connectivity index (χ3n) is 5.33. The van der Waals surface area contributed by atoms with Gasteiger partial charge in [-0.1, -0.05) is 18.2 Å². The summed E-state index contributed by atoms with van der Waals surface area (Å²) in [5, 5.41) is 6.65. The topological polar surface area (TPSA) is 58.2 Å². The van der Waals surface area contributed by atoms with Crippen molar-refractivity contribution in [2.24, 2.45) is 0 Å². The summed E-state index contributed by atoms with van der Waals surface area (Å²) in [6.07, 6.45) is 4.18. The predicted molar refractivity (Wildman–Crippen MR) is 96.7 cm³/mol. The van der Waals surface area contributed by atoms with Crippen molar-refractivity contribution in [3.8, 4) is 0 Å². The second-order valence-electron chi connectivity index (χ2n) is 7.16. The molecule has 2 aliphatic rings. The van der Waals surface area contributed by atoms with E-state index in [2.05, 4.69) is 10.6 Å². The van der Waals surface area contributed by atoms with Gasteiger partial charge >= 0.3 is 0 Å². The van der Waals surface area contributed by atoms with E-state index in [1.165, 1.54) is 24.3 Å². The fourth-order valence-corrected chi connectivity index (χ4v) is 4.07. The maximum atomic E-state index is 13.1. The molecule has 2 aromatic carbocycles. The lowest BCUT2D eigenvalue weighted by Crippen LogP contribution is -2.48. The van der Waals surface area contributed by atoms with Crippen LogP contribution in [0.25, 0.3) is 0 Å². The lowest BCUT2D eigenvalue weighted by atomic mass is 9.96. The van der Waals surface area contributed by atoms with Gasteiger partial charge in [-0.2, -0.15) is 0 Å². The number of carbonyl (C=O) groups is 2. The third kappa shape index (κ3) is 3.40. The summed E-state index contributed by atoms with van der Waals surface area (Å²) in [5.74, 6) is -0.892. The first-order chi connectivity index (χ1) is 12.6. The van der Waals surface area contributed by atoms with Crippen molar-refractivity contribution in [2.75, 3.05) is 0 Å². The Morgan fingerprint density at radius 3 is 2.19 bits per heavy atom. The zero-order chi connectivity index (χ0) is 18.1. The number of piperidine rings is 1. The van der Waals surface area contributed by atoms with Gasteiger partial charge in [-0.05, 0) is 56.0 Å². The van der Waals surface area contributed by atoms with E-state index in [9.17, 15) is 14.0 Å². The lowest BCUT2D eigenvalue weighted by Gasteiger charge is -2.29. The molecule has 4 rings (SSSR count). The van der Waals surface area contributed by atoms with E-state index in [-0.39, 0.29) is 17.7 Å². The molecular weight excluding hydrogens is 331 g/mol. The standard InChI is InChI=1S/C21H21FN2O2/c22-14-7-5-13(6-8-14)20(25)18-3-1-2-4-19(18)21(26)24-17-11-15-9-10-16(12-17)23-15/h1-8,15-17,23H,9-12H2,(H,24,26). The smallest absolute Gasteiger partial charge is 0.252 e. The van der Waals surface area contributed by atoms with Crippen molar-refractivity contribution < 1.29 is 14.0 Å². The van der Waals surface area contributed by atoms with Crippen molar-refractivity contribution in [1.29, 1.82) is 0 Å². The van der Waals surface area contributed by atoms with Crippen LogP contribution in [0.3, 0.4) is 0 Å². The molecule has 0 radical (unpaired) electrons. The fourth-order valence-electron chi connectivity index (χ4n) is 4.07. The van der Waals surface area contributed by atoms with Crippen molar-refractivity contribution in [3.63, 3.8) is 0 Å². The normalized spacial score (nSPS) is 24.3. The van der Waals surface area contributed by atoms with Crippen LogP contribution in [0.2, 0.25) is 0 Å². The highest BCUT2D eigenvalue weighted by Gasteiger charge is 2.34. The summed E-state index contributed by atoms with van der Waals surface area (Å²) >= 11 is 0. The number of fused-ring (bicyclic) bond motifs is 2. The van der Waals surface area contributed by atoms with Gasteiger partial charge in [0.05, 0.1) is 5.56 Å². The molecule has 0 spiro atoms. The number of halogens is 1. The van der Waals surface area contributed by atoms with E-state index >= 15 is 0 Å². The Labute approximate surface area is 151 Å². The molecule has 2 atom stereocenters. The highest BCUT2D eigenvalue weighted by molar-refractivity contribution is 6.15.